The van der Waals surface area contributed by atoms with Crippen LogP contribution in [0.4, 0.5) is 5.82 Å². The second kappa shape index (κ2) is 6.76. The molecule has 2 unspecified atom stereocenters. The zero-order valence-electron chi connectivity index (χ0n) is 13.6. The monoisotopic (exact) mass is 287 g/mol. The molecule has 2 fully saturated rings. The van der Waals surface area contributed by atoms with Gasteiger partial charge in [-0.15, -0.1) is 0 Å². The van der Waals surface area contributed by atoms with Crippen LogP contribution in [0.25, 0.3) is 0 Å². The van der Waals surface area contributed by atoms with E-state index < -0.39 is 0 Å². The summed E-state index contributed by atoms with van der Waals surface area (Å²) in [5, 5.41) is 3.41. The van der Waals surface area contributed by atoms with Gasteiger partial charge < -0.3 is 5.32 Å². The van der Waals surface area contributed by atoms with Crippen LogP contribution in [0.1, 0.15) is 88.6 Å². The van der Waals surface area contributed by atoms with Crippen LogP contribution < -0.4 is 5.32 Å². The van der Waals surface area contributed by atoms with Crippen molar-refractivity contribution in [1.82, 2.24) is 9.97 Å². The molecular weight excluding hydrogens is 258 g/mol. The van der Waals surface area contributed by atoms with Crippen LogP contribution in [0, 0.1) is 5.92 Å². The molecule has 1 heterocycles. The predicted molar refractivity (Wildman–Crippen MR) is 87.8 cm³/mol. The van der Waals surface area contributed by atoms with Crippen molar-refractivity contribution in [2.45, 2.75) is 77.0 Å². The number of anilines is 1. The molecule has 2 aliphatic rings. The normalized spacial score (nSPS) is 27.0. The Morgan fingerprint density at radius 3 is 2.52 bits per heavy atom. The number of nitrogens with one attached hydrogen (secondary N) is 1. The van der Waals surface area contributed by atoms with Crippen LogP contribution in [0.2, 0.25) is 0 Å². The second-order valence-electron chi connectivity index (χ2n) is 7.02. The molecule has 1 aromatic heterocycles. The fourth-order valence-electron chi connectivity index (χ4n) is 4.04. The van der Waals surface area contributed by atoms with E-state index in [2.05, 4.69) is 25.2 Å². The van der Waals surface area contributed by atoms with E-state index in [4.69, 9.17) is 9.97 Å². The Morgan fingerprint density at radius 1 is 1.05 bits per heavy atom. The highest BCUT2D eigenvalue weighted by Gasteiger charge is 2.25. The Hall–Kier alpha value is -1.12. The first-order valence-corrected chi connectivity index (χ1v) is 8.89. The van der Waals surface area contributed by atoms with Gasteiger partial charge in [-0.05, 0) is 38.5 Å². The first-order valence-electron chi connectivity index (χ1n) is 8.89. The summed E-state index contributed by atoms with van der Waals surface area (Å²) in [4.78, 5) is 9.84. The van der Waals surface area contributed by atoms with Gasteiger partial charge in [-0.1, -0.05) is 32.6 Å². The van der Waals surface area contributed by atoms with Crippen molar-refractivity contribution in [2.24, 2.45) is 5.92 Å². The highest BCUT2D eigenvalue weighted by Crippen LogP contribution is 2.37. The molecule has 3 rings (SSSR count). The third-order valence-electron chi connectivity index (χ3n) is 5.20. The Labute approximate surface area is 129 Å². The quantitative estimate of drug-likeness (QED) is 0.859. The lowest BCUT2D eigenvalue weighted by molar-refractivity contribution is 0.334. The minimum Gasteiger partial charge on any atom is -0.370 e. The molecule has 1 N–H and O–H groups in total. The van der Waals surface area contributed by atoms with Crippen LogP contribution in [-0.4, -0.2) is 16.5 Å². The molecular formula is C18H29N3. The Balaban J connectivity index is 1.86. The highest BCUT2D eigenvalue weighted by atomic mass is 15.0. The summed E-state index contributed by atoms with van der Waals surface area (Å²) in [7, 11) is 0. The first-order chi connectivity index (χ1) is 10.3. The average molecular weight is 287 g/mol. The molecule has 2 atom stereocenters. The van der Waals surface area contributed by atoms with Gasteiger partial charge in [0.1, 0.15) is 11.6 Å². The third-order valence-corrected chi connectivity index (χ3v) is 5.20. The first kappa shape index (κ1) is 14.8. The van der Waals surface area contributed by atoms with Crippen molar-refractivity contribution in [1.29, 1.82) is 0 Å². The van der Waals surface area contributed by atoms with Gasteiger partial charge in [0.15, 0.2) is 0 Å². The van der Waals surface area contributed by atoms with Gasteiger partial charge in [0.05, 0.1) is 0 Å². The summed E-state index contributed by atoms with van der Waals surface area (Å²) in [6.45, 7) is 5.44. The molecule has 0 aliphatic heterocycles. The van der Waals surface area contributed by atoms with E-state index in [0.717, 1.165) is 24.1 Å². The smallest absolute Gasteiger partial charge is 0.134 e. The summed E-state index contributed by atoms with van der Waals surface area (Å²) < 4.78 is 0. The summed E-state index contributed by atoms with van der Waals surface area (Å²) >= 11 is 0. The van der Waals surface area contributed by atoms with E-state index in [0.29, 0.717) is 11.8 Å². The molecule has 116 valence electrons. The average Bonchev–Trinajstić information content (AvgIpc) is 3.01. The molecule has 0 bridgehead atoms. The maximum atomic E-state index is 5.00. The Kier molecular flexibility index (Phi) is 4.77. The van der Waals surface area contributed by atoms with Crippen molar-refractivity contribution >= 4 is 5.82 Å². The minimum atomic E-state index is 0.576. The molecule has 1 aromatic rings. The maximum absolute atomic E-state index is 5.00. The van der Waals surface area contributed by atoms with Gasteiger partial charge in [0.25, 0.3) is 0 Å². The summed E-state index contributed by atoms with van der Waals surface area (Å²) in [6.07, 6.45) is 10.6. The van der Waals surface area contributed by atoms with Crippen molar-refractivity contribution < 1.29 is 0 Å². The van der Waals surface area contributed by atoms with E-state index in [-0.39, 0.29) is 0 Å². The van der Waals surface area contributed by atoms with Gasteiger partial charge in [-0.3, -0.25) is 0 Å². The lowest BCUT2D eigenvalue weighted by Gasteiger charge is -2.26. The van der Waals surface area contributed by atoms with Gasteiger partial charge >= 0.3 is 0 Å². The fourth-order valence-corrected chi connectivity index (χ4v) is 4.04. The van der Waals surface area contributed by atoms with Gasteiger partial charge in [0.2, 0.25) is 0 Å². The predicted octanol–water partition coefficient (Wildman–Crippen LogP) is 4.86. The van der Waals surface area contributed by atoms with E-state index in [1.807, 2.05) is 0 Å². The molecule has 0 spiro atoms. The van der Waals surface area contributed by atoms with Gasteiger partial charge in [-0.25, -0.2) is 9.97 Å². The number of rotatable bonds is 4. The van der Waals surface area contributed by atoms with Crippen molar-refractivity contribution in [3.05, 3.63) is 17.6 Å². The number of hydrogen-bond donors (Lipinski definition) is 1. The van der Waals surface area contributed by atoms with Crippen molar-refractivity contribution in [3.8, 4) is 0 Å². The molecule has 0 aromatic carbocycles. The maximum Gasteiger partial charge on any atom is 0.134 e. The molecule has 2 aliphatic carbocycles. The van der Waals surface area contributed by atoms with E-state index in [9.17, 15) is 0 Å². The Bertz CT molecular complexity index is 466. The molecule has 0 amide bonds. The second-order valence-corrected chi connectivity index (χ2v) is 7.02. The third kappa shape index (κ3) is 3.56. The van der Waals surface area contributed by atoms with Crippen molar-refractivity contribution in [2.75, 3.05) is 11.9 Å². The molecule has 3 nitrogen and oxygen atoms in total. The molecule has 2 saturated carbocycles. The highest BCUT2D eigenvalue weighted by molar-refractivity contribution is 5.37. The molecule has 3 heteroatoms. The zero-order chi connectivity index (χ0) is 14.7. The van der Waals surface area contributed by atoms with E-state index in [1.165, 1.54) is 57.1 Å². The number of aromatic nitrogens is 2. The molecule has 21 heavy (non-hydrogen) atoms. The van der Waals surface area contributed by atoms with Crippen LogP contribution in [0.15, 0.2) is 6.07 Å². The van der Waals surface area contributed by atoms with E-state index >= 15 is 0 Å². The van der Waals surface area contributed by atoms with E-state index in [1.54, 1.807) is 0 Å². The summed E-state index contributed by atoms with van der Waals surface area (Å²) in [6, 6.07) is 2.20. The largest absolute Gasteiger partial charge is 0.370 e. The van der Waals surface area contributed by atoms with Crippen LogP contribution in [0.3, 0.4) is 0 Å². The lowest BCUT2D eigenvalue weighted by Crippen LogP contribution is -2.16. The SMILES string of the molecule is CCNc1cc(C2CCCC2)nc(C2CCCC(C)C2)n1. The van der Waals surface area contributed by atoms with Crippen LogP contribution in [-0.2, 0) is 0 Å². The van der Waals surface area contributed by atoms with Crippen molar-refractivity contribution in [3.63, 3.8) is 0 Å². The Morgan fingerprint density at radius 2 is 1.81 bits per heavy atom. The summed E-state index contributed by atoms with van der Waals surface area (Å²) in [5.74, 6) is 4.23. The molecule has 0 radical (unpaired) electrons. The topological polar surface area (TPSA) is 37.8 Å². The van der Waals surface area contributed by atoms with Gasteiger partial charge in [-0.2, -0.15) is 0 Å². The minimum absolute atomic E-state index is 0.576. The summed E-state index contributed by atoms with van der Waals surface area (Å²) in [5.41, 5.74) is 1.30. The number of nitrogens with zero attached hydrogens (tertiary/aromatic N) is 2. The fraction of sp³-hybridized carbons (Fsp3) is 0.778. The standard InChI is InChI=1S/C18H29N3/c1-3-19-17-12-16(14-8-4-5-9-14)20-18(21-17)15-10-6-7-13(2)11-15/h12-15H,3-11H2,1-2H3,(H,19,20,21). The lowest BCUT2D eigenvalue weighted by atomic mass is 9.82. The number of hydrogen-bond acceptors (Lipinski definition) is 3. The zero-order valence-corrected chi connectivity index (χ0v) is 13.6. The van der Waals surface area contributed by atoms with Gasteiger partial charge in [0, 0.05) is 30.1 Å². The molecule has 0 saturated heterocycles. The van der Waals surface area contributed by atoms with Crippen LogP contribution in [0.5, 0.6) is 0 Å². The van der Waals surface area contributed by atoms with Crippen LogP contribution >= 0.6 is 0 Å².